The largest absolute Gasteiger partial charge is 0.496 e. The molecule has 2 rings (SSSR count). The van der Waals surface area contributed by atoms with Gasteiger partial charge in [-0.05, 0) is 26.0 Å². The maximum absolute atomic E-state index is 12.2. The fourth-order valence-corrected chi connectivity index (χ4v) is 2.29. The van der Waals surface area contributed by atoms with E-state index in [9.17, 15) is 4.79 Å². The number of carbonyl (C=O) groups is 1. The first kappa shape index (κ1) is 14.4. The predicted octanol–water partition coefficient (Wildman–Crippen LogP) is 2.06. The van der Waals surface area contributed by atoms with Crippen LogP contribution in [0.1, 0.15) is 25.8 Å². The van der Waals surface area contributed by atoms with Crippen molar-refractivity contribution in [1.82, 2.24) is 4.90 Å². The number of nitrogens with zero attached hydrogens (tertiary/aromatic N) is 2. The highest BCUT2D eigenvalue weighted by Crippen LogP contribution is 2.25. The topological polar surface area (TPSA) is 51.1 Å². The van der Waals surface area contributed by atoms with E-state index < -0.39 is 6.10 Å². The van der Waals surface area contributed by atoms with E-state index in [1.165, 1.54) is 0 Å². The van der Waals surface area contributed by atoms with E-state index in [1.54, 1.807) is 12.0 Å². The lowest BCUT2D eigenvalue weighted by atomic mass is 10.0. The number of methoxy groups -OCH3 is 1. The molecule has 0 saturated carbocycles. The Kier molecular flexibility index (Phi) is 4.61. The van der Waals surface area contributed by atoms with Crippen LogP contribution in [0.2, 0.25) is 0 Å². The number of likely N-dealkylation sites (N-methyl/N-ethyl adjacent to an activating group) is 1. The highest BCUT2D eigenvalue weighted by Gasteiger charge is 2.32. The summed E-state index contributed by atoms with van der Waals surface area (Å²) in [6, 6.07) is 7.61. The molecule has 0 aromatic heterocycles. The van der Waals surface area contributed by atoms with Crippen LogP contribution in [0.3, 0.4) is 0 Å². The Labute approximate surface area is 119 Å². The molecule has 1 heterocycles. The molecule has 1 aromatic rings. The zero-order chi connectivity index (χ0) is 14.5. The van der Waals surface area contributed by atoms with Crippen molar-refractivity contribution < 1.29 is 14.4 Å². The number of amides is 1. The van der Waals surface area contributed by atoms with Gasteiger partial charge in [0.05, 0.1) is 12.8 Å². The molecular formula is C15H20N2O3. The van der Waals surface area contributed by atoms with E-state index in [2.05, 4.69) is 5.16 Å². The van der Waals surface area contributed by atoms with Crippen molar-refractivity contribution in [1.29, 1.82) is 0 Å². The molecule has 1 aromatic carbocycles. The smallest absolute Gasteiger partial charge is 0.266 e. The molecular weight excluding hydrogens is 256 g/mol. The van der Waals surface area contributed by atoms with Crippen LogP contribution < -0.4 is 4.74 Å². The van der Waals surface area contributed by atoms with Gasteiger partial charge in [-0.25, -0.2) is 0 Å². The summed E-state index contributed by atoms with van der Waals surface area (Å²) in [4.78, 5) is 19.3. The van der Waals surface area contributed by atoms with Crippen LogP contribution in [0, 0.1) is 0 Å². The van der Waals surface area contributed by atoms with Gasteiger partial charge in [0, 0.05) is 25.1 Å². The van der Waals surface area contributed by atoms with Crippen molar-refractivity contribution in [3.8, 4) is 5.75 Å². The van der Waals surface area contributed by atoms with Gasteiger partial charge in [0.2, 0.25) is 6.10 Å². The minimum absolute atomic E-state index is 0.0105. The minimum Gasteiger partial charge on any atom is -0.496 e. The summed E-state index contributed by atoms with van der Waals surface area (Å²) in [5, 5.41) is 4.06. The van der Waals surface area contributed by atoms with Gasteiger partial charge < -0.3 is 14.5 Å². The fourth-order valence-electron chi connectivity index (χ4n) is 2.29. The van der Waals surface area contributed by atoms with Gasteiger partial charge in [0.25, 0.3) is 5.91 Å². The summed E-state index contributed by atoms with van der Waals surface area (Å²) in [7, 11) is 1.62. The summed E-state index contributed by atoms with van der Waals surface area (Å²) in [5.41, 5.74) is 1.64. The second kappa shape index (κ2) is 6.41. The molecule has 0 radical (unpaired) electrons. The monoisotopic (exact) mass is 276 g/mol. The lowest BCUT2D eigenvalue weighted by Crippen LogP contribution is -2.39. The van der Waals surface area contributed by atoms with Crippen LogP contribution in [0.15, 0.2) is 29.4 Å². The first-order valence-corrected chi connectivity index (χ1v) is 6.86. The number of hydrogen-bond donors (Lipinski definition) is 0. The van der Waals surface area contributed by atoms with Crippen LogP contribution >= 0.6 is 0 Å². The molecule has 0 unspecified atom stereocenters. The van der Waals surface area contributed by atoms with Gasteiger partial charge in [-0.1, -0.05) is 17.3 Å². The second-order valence-corrected chi connectivity index (χ2v) is 4.55. The molecule has 0 aliphatic carbocycles. The van der Waals surface area contributed by atoms with Crippen molar-refractivity contribution in [2.24, 2.45) is 5.16 Å². The van der Waals surface area contributed by atoms with Crippen molar-refractivity contribution >= 4 is 11.6 Å². The third kappa shape index (κ3) is 2.76. The second-order valence-electron chi connectivity index (χ2n) is 4.55. The van der Waals surface area contributed by atoms with Crippen LogP contribution in [0.5, 0.6) is 5.75 Å². The molecule has 108 valence electrons. The van der Waals surface area contributed by atoms with Crippen LogP contribution in [0.4, 0.5) is 0 Å². The molecule has 0 spiro atoms. The average molecular weight is 276 g/mol. The summed E-state index contributed by atoms with van der Waals surface area (Å²) in [6.45, 7) is 5.27. The molecule has 0 saturated heterocycles. The lowest BCUT2D eigenvalue weighted by molar-refractivity contribution is -0.141. The van der Waals surface area contributed by atoms with E-state index in [0.29, 0.717) is 19.5 Å². The first-order valence-electron chi connectivity index (χ1n) is 6.86. The molecule has 1 amide bonds. The molecule has 20 heavy (non-hydrogen) atoms. The van der Waals surface area contributed by atoms with Gasteiger partial charge in [-0.15, -0.1) is 0 Å². The highest BCUT2D eigenvalue weighted by molar-refractivity contribution is 6.05. The molecule has 1 aliphatic heterocycles. The van der Waals surface area contributed by atoms with E-state index in [4.69, 9.17) is 9.57 Å². The number of oxime groups is 1. The summed E-state index contributed by atoms with van der Waals surface area (Å²) in [6.07, 6.45) is -0.0368. The Morgan fingerprint density at radius 3 is 2.75 bits per heavy atom. The lowest BCUT2D eigenvalue weighted by Gasteiger charge is -2.21. The fraction of sp³-hybridized carbons (Fsp3) is 0.467. The number of rotatable bonds is 5. The zero-order valence-electron chi connectivity index (χ0n) is 12.1. The highest BCUT2D eigenvalue weighted by atomic mass is 16.6. The molecule has 1 aliphatic rings. The van der Waals surface area contributed by atoms with Crippen LogP contribution in [-0.2, 0) is 9.63 Å². The van der Waals surface area contributed by atoms with Gasteiger partial charge >= 0.3 is 0 Å². The number of benzene rings is 1. The predicted molar refractivity (Wildman–Crippen MR) is 76.9 cm³/mol. The standard InChI is InChI=1S/C15H20N2O3/c1-4-17(5-2)15(18)14-10-12(16-20-14)11-8-6-7-9-13(11)19-3/h6-9,14H,4-5,10H2,1-3H3/t14-/m0/s1. The van der Waals surface area contributed by atoms with Crippen molar-refractivity contribution in [3.63, 3.8) is 0 Å². The quantitative estimate of drug-likeness (QED) is 0.827. The van der Waals surface area contributed by atoms with Gasteiger partial charge in [0.1, 0.15) is 5.75 Å². The van der Waals surface area contributed by atoms with E-state index in [1.807, 2.05) is 38.1 Å². The Morgan fingerprint density at radius 1 is 1.40 bits per heavy atom. The Morgan fingerprint density at radius 2 is 2.10 bits per heavy atom. The Bertz CT molecular complexity index is 510. The SMILES string of the molecule is CCN(CC)C(=O)[C@@H]1CC(c2ccccc2OC)=NO1. The number of para-hydroxylation sites is 1. The molecule has 5 nitrogen and oxygen atoms in total. The van der Waals surface area contributed by atoms with Gasteiger partial charge in [0.15, 0.2) is 0 Å². The summed E-state index contributed by atoms with van der Waals surface area (Å²) >= 11 is 0. The maximum Gasteiger partial charge on any atom is 0.266 e. The van der Waals surface area contributed by atoms with Crippen LogP contribution in [0.25, 0.3) is 0 Å². The van der Waals surface area contributed by atoms with Crippen molar-refractivity contribution in [2.75, 3.05) is 20.2 Å². The molecule has 1 atom stereocenters. The molecule has 0 fully saturated rings. The molecule has 0 N–H and O–H groups in total. The summed E-state index contributed by atoms with van der Waals surface area (Å²) < 4.78 is 5.31. The third-order valence-corrected chi connectivity index (χ3v) is 3.44. The van der Waals surface area contributed by atoms with E-state index in [-0.39, 0.29) is 5.91 Å². The zero-order valence-corrected chi connectivity index (χ0v) is 12.1. The minimum atomic E-state index is -0.519. The van der Waals surface area contributed by atoms with E-state index in [0.717, 1.165) is 17.0 Å². The summed E-state index contributed by atoms with van der Waals surface area (Å²) in [5.74, 6) is 0.731. The molecule has 0 bridgehead atoms. The van der Waals surface area contributed by atoms with Crippen molar-refractivity contribution in [2.45, 2.75) is 26.4 Å². The van der Waals surface area contributed by atoms with Crippen molar-refractivity contribution in [3.05, 3.63) is 29.8 Å². The van der Waals surface area contributed by atoms with Gasteiger partial charge in [-0.3, -0.25) is 4.79 Å². The Balaban J connectivity index is 2.10. The number of hydrogen-bond acceptors (Lipinski definition) is 4. The van der Waals surface area contributed by atoms with Crippen LogP contribution in [-0.4, -0.2) is 42.8 Å². The Hall–Kier alpha value is -2.04. The van der Waals surface area contributed by atoms with Gasteiger partial charge in [-0.2, -0.15) is 0 Å². The number of carbonyl (C=O) groups excluding carboxylic acids is 1. The average Bonchev–Trinajstić information content (AvgIpc) is 2.98. The van der Waals surface area contributed by atoms with E-state index >= 15 is 0 Å². The third-order valence-electron chi connectivity index (χ3n) is 3.44. The normalized spacial score (nSPS) is 17.4. The first-order chi connectivity index (χ1) is 9.71. The maximum atomic E-state index is 12.2. The molecule has 5 heteroatoms. The number of ether oxygens (including phenoxy) is 1.